The number of carboxylic acids is 1. The molecule has 0 saturated heterocycles. The summed E-state index contributed by atoms with van der Waals surface area (Å²) in [5.74, 6) is -4.59. The van der Waals surface area contributed by atoms with Crippen molar-refractivity contribution in [1.29, 1.82) is 0 Å². The molecule has 0 aromatic rings. The van der Waals surface area contributed by atoms with Crippen molar-refractivity contribution in [2.45, 2.75) is 70.6 Å². The second-order valence-corrected chi connectivity index (χ2v) is 7.73. The number of carbonyl (C=O) groups excluding carboxylic acids is 4. The van der Waals surface area contributed by atoms with E-state index in [9.17, 15) is 29.1 Å². The highest BCUT2D eigenvalue weighted by atomic mass is 16.4. The quantitative estimate of drug-likeness (QED) is 0.0678. The van der Waals surface area contributed by atoms with Gasteiger partial charge in [0.1, 0.15) is 18.1 Å². The van der Waals surface area contributed by atoms with Crippen molar-refractivity contribution in [2.75, 3.05) is 6.54 Å². The van der Waals surface area contributed by atoms with Gasteiger partial charge in [-0.25, -0.2) is 4.79 Å². The predicted octanol–water partition coefficient (Wildman–Crippen LogP) is -3.15. The van der Waals surface area contributed by atoms with Crippen molar-refractivity contribution in [2.24, 2.45) is 33.8 Å². The Bertz CT molecular complexity index is 740. The summed E-state index contributed by atoms with van der Waals surface area (Å²) < 4.78 is 0. The maximum absolute atomic E-state index is 12.7. The van der Waals surface area contributed by atoms with E-state index < -0.39 is 53.8 Å². The number of rotatable bonds is 15. The number of primary amides is 1. The summed E-state index contributed by atoms with van der Waals surface area (Å²) in [6.45, 7) is 5.09. The molecule has 0 aliphatic rings. The molecule has 0 aromatic carbocycles. The first-order valence-corrected chi connectivity index (χ1v) is 10.5. The van der Waals surface area contributed by atoms with Crippen LogP contribution >= 0.6 is 0 Å². The van der Waals surface area contributed by atoms with E-state index in [0.29, 0.717) is 12.8 Å². The number of aliphatic carboxylic acids is 1. The van der Waals surface area contributed by atoms with E-state index in [0.717, 1.165) is 0 Å². The molecule has 5 atom stereocenters. The summed E-state index contributed by atoms with van der Waals surface area (Å²) in [6.07, 6.45) is 0.505. The van der Waals surface area contributed by atoms with E-state index in [1.54, 1.807) is 13.8 Å². The van der Waals surface area contributed by atoms with Crippen LogP contribution in [0.4, 0.5) is 0 Å². The molecule has 0 saturated carbocycles. The SMILES string of the molecule is CCC(C)C(NC(=O)C(N)CC(N)=O)C(=O)NC(C)C(=O)NC(CCCN=C(N)N)C(=O)O. The molecule has 33 heavy (non-hydrogen) atoms. The summed E-state index contributed by atoms with van der Waals surface area (Å²) >= 11 is 0. The minimum absolute atomic E-state index is 0.0713. The van der Waals surface area contributed by atoms with Gasteiger partial charge in [-0.05, 0) is 25.7 Å². The number of nitrogens with zero attached hydrogens (tertiary/aromatic N) is 1. The molecular formula is C19H36N8O6. The smallest absolute Gasteiger partial charge is 0.326 e. The number of nitrogens with one attached hydrogen (secondary N) is 3. The van der Waals surface area contributed by atoms with Gasteiger partial charge in [-0.2, -0.15) is 0 Å². The van der Waals surface area contributed by atoms with Crippen LogP contribution in [0.5, 0.6) is 0 Å². The molecule has 188 valence electrons. The molecule has 0 rings (SSSR count). The molecule has 0 fully saturated rings. The Balaban J connectivity index is 5.07. The number of carbonyl (C=O) groups is 5. The lowest BCUT2D eigenvalue weighted by Crippen LogP contribution is -2.58. The summed E-state index contributed by atoms with van der Waals surface area (Å²) in [7, 11) is 0. The highest BCUT2D eigenvalue weighted by Crippen LogP contribution is 2.09. The third kappa shape index (κ3) is 11.7. The lowest BCUT2D eigenvalue weighted by Gasteiger charge is -2.26. The zero-order valence-electron chi connectivity index (χ0n) is 19.2. The van der Waals surface area contributed by atoms with Crippen molar-refractivity contribution in [3.8, 4) is 0 Å². The van der Waals surface area contributed by atoms with Crippen LogP contribution in [0.3, 0.4) is 0 Å². The summed E-state index contributed by atoms with van der Waals surface area (Å²) in [4.78, 5) is 63.5. The third-order valence-electron chi connectivity index (χ3n) is 4.86. The summed E-state index contributed by atoms with van der Waals surface area (Å²) in [5.41, 5.74) is 21.1. The molecular weight excluding hydrogens is 436 g/mol. The molecule has 0 aromatic heterocycles. The average Bonchev–Trinajstić information content (AvgIpc) is 2.71. The van der Waals surface area contributed by atoms with Gasteiger partial charge in [0.05, 0.1) is 12.5 Å². The van der Waals surface area contributed by atoms with E-state index >= 15 is 0 Å². The second-order valence-electron chi connectivity index (χ2n) is 7.73. The number of hydrogen-bond donors (Lipinski definition) is 8. The molecule has 0 spiro atoms. The largest absolute Gasteiger partial charge is 0.480 e. The highest BCUT2D eigenvalue weighted by molar-refractivity contribution is 5.95. The Morgan fingerprint density at radius 1 is 0.939 bits per heavy atom. The highest BCUT2D eigenvalue weighted by Gasteiger charge is 2.31. The van der Waals surface area contributed by atoms with Gasteiger partial charge in [-0.3, -0.25) is 24.2 Å². The van der Waals surface area contributed by atoms with E-state index in [1.165, 1.54) is 6.92 Å². The van der Waals surface area contributed by atoms with Crippen LogP contribution in [-0.4, -0.2) is 71.4 Å². The van der Waals surface area contributed by atoms with Crippen molar-refractivity contribution in [1.82, 2.24) is 16.0 Å². The summed E-state index contributed by atoms with van der Waals surface area (Å²) in [6, 6.07) is -4.56. The van der Waals surface area contributed by atoms with Gasteiger partial charge in [-0.1, -0.05) is 20.3 Å². The molecule has 0 aliphatic heterocycles. The van der Waals surface area contributed by atoms with Gasteiger partial charge in [0.2, 0.25) is 23.6 Å². The molecule has 14 heteroatoms. The van der Waals surface area contributed by atoms with E-state index in [4.69, 9.17) is 22.9 Å². The van der Waals surface area contributed by atoms with Gasteiger partial charge >= 0.3 is 5.97 Å². The van der Waals surface area contributed by atoms with Crippen molar-refractivity contribution in [3.63, 3.8) is 0 Å². The molecule has 5 unspecified atom stereocenters. The number of carboxylic acid groups (broad SMARTS) is 1. The van der Waals surface area contributed by atoms with Crippen LogP contribution in [-0.2, 0) is 24.0 Å². The molecule has 4 amide bonds. The zero-order chi connectivity index (χ0) is 25.7. The fourth-order valence-corrected chi connectivity index (χ4v) is 2.70. The van der Waals surface area contributed by atoms with Gasteiger partial charge in [0, 0.05) is 6.54 Å². The predicted molar refractivity (Wildman–Crippen MR) is 120 cm³/mol. The Kier molecular flexibility index (Phi) is 13.1. The molecule has 0 aliphatic carbocycles. The number of hydrogen-bond acceptors (Lipinski definition) is 7. The van der Waals surface area contributed by atoms with Crippen molar-refractivity contribution >= 4 is 35.6 Å². The van der Waals surface area contributed by atoms with Gasteiger partial charge in [0.25, 0.3) is 0 Å². The van der Waals surface area contributed by atoms with Crippen LogP contribution in [0, 0.1) is 5.92 Å². The zero-order valence-corrected chi connectivity index (χ0v) is 19.2. The molecule has 0 heterocycles. The maximum Gasteiger partial charge on any atom is 0.326 e. The molecule has 14 nitrogen and oxygen atoms in total. The van der Waals surface area contributed by atoms with Crippen LogP contribution in [0.2, 0.25) is 0 Å². The number of nitrogens with two attached hydrogens (primary N) is 4. The van der Waals surface area contributed by atoms with E-state index in [2.05, 4.69) is 20.9 Å². The summed E-state index contributed by atoms with van der Waals surface area (Å²) in [5, 5.41) is 16.6. The van der Waals surface area contributed by atoms with Crippen LogP contribution in [0.1, 0.15) is 46.5 Å². The van der Waals surface area contributed by atoms with Crippen molar-refractivity contribution < 1.29 is 29.1 Å². The first-order valence-electron chi connectivity index (χ1n) is 10.5. The van der Waals surface area contributed by atoms with Crippen LogP contribution < -0.4 is 38.9 Å². The lowest BCUT2D eigenvalue weighted by molar-refractivity contribution is -0.142. The third-order valence-corrected chi connectivity index (χ3v) is 4.86. The average molecular weight is 473 g/mol. The van der Waals surface area contributed by atoms with E-state index in [-0.39, 0.29) is 31.3 Å². The fourth-order valence-electron chi connectivity index (χ4n) is 2.70. The maximum atomic E-state index is 12.7. The molecule has 0 radical (unpaired) electrons. The molecule has 12 N–H and O–H groups in total. The Hall–Kier alpha value is -3.42. The Morgan fingerprint density at radius 2 is 1.55 bits per heavy atom. The van der Waals surface area contributed by atoms with Gasteiger partial charge in [0.15, 0.2) is 5.96 Å². The number of aliphatic imine (C=N–C) groups is 1. The number of guanidine groups is 1. The van der Waals surface area contributed by atoms with Gasteiger partial charge < -0.3 is 44.0 Å². The number of amides is 4. The standard InChI is InChI=1S/C19H36N8O6/c1-4-9(2)14(27-16(30)11(20)8-13(21)28)17(31)25-10(3)15(29)26-12(18(32)33)6-5-7-24-19(22)23/h9-12,14H,4-8,20H2,1-3H3,(H2,21,28)(H,25,31)(H,26,29)(H,27,30)(H,32,33)(H4,22,23,24). The minimum atomic E-state index is -1.25. The minimum Gasteiger partial charge on any atom is -0.480 e. The van der Waals surface area contributed by atoms with Crippen molar-refractivity contribution in [3.05, 3.63) is 0 Å². The van der Waals surface area contributed by atoms with Gasteiger partial charge in [-0.15, -0.1) is 0 Å². The lowest BCUT2D eigenvalue weighted by atomic mass is 9.97. The van der Waals surface area contributed by atoms with Crippen LogP contribution in [0.25, 0.3) is 0 Å². The monoisotopic (exact) mass is 472 g/mol. The topological polar surface area (TPSA) is 258 Å². The first kappa shape index (κ1) is 29.6. The normalized spacial score (nSPS) is 15.2. The second kappa shape index (κ2) is 14.6. The Morgan fingerprint density at radius 3 is 2.03 bits per heavy atom. The first-order chi connectivity index (χ1) is 15.3. The van der Waals surface area contributed by atoms with E-state index in [1.807, 2.05) is 0 Å². The Labute approximate surface area is 192 Å². The molecule has 0 bridgehead atoms. The fraction of sp³-hybridized carbons (Fsp3) is 0.684. The van der Waals surface area contributed by atoms with Crippen LogP contribution in [0.15, 0.2) is 4.99 Å².